The zero-order chi connectivity index (χ0) is 26.4. The second-order valence-corrected chi connectivity index (χ2v) is 13.7. The van der Waals surface area contributed by atoms with E-state index in [4.69, 9.17) is 0 Å². The molecule has 0 atom stereocenters. The Kier molecular flexibility index (Phi) is 7.42. The van der Waals surface area contributed by atoms with Crippen LogP contribution in [0.2, 0.25) is 0 Å². The Bertz CT molecular complexity index is 1040. The van der Waals surface area contributed by atoms with Crippen molar-refractivity contribution < 1.29 is 15.1 Å². The van der Waals surface area contributed by atoms with E-state index < -0.39 is 0 Å². The largest absolute Gasteiger partial charge is 0.507 e. The molecule has 188 valence electrons. The lowest BCUT2D eigenvalue weighted by atomic mass is 9.73. The van der Waals surface area contributed by atoms with Gasteiger partial charge in [-0.3, -0.25) is 15.1 Å². The molecule has 1 aromatic rings. The van der Waals surface area contributed by atoms with Crippen molar-refractivity contribution in [2.75, 3.05) is 0 Å². The summed E-state index contributed by atoms with van der Waals surface area (Å²) in [4.78, 5) is 13.3. The fourth-order valence-electron chi connectivity index (χ4n) is 3.94. The lowest BCUT2D eigenvalue weighted by molar-refractivity contribution is -0.113. The number of carbonyl (C=O) groups is 1. The number of allylic oxidation sites excluding steroid dienone is 5. The van der Waals surface area contributed by atoms with E-state index >= 15 is 0 Å². The average molecular weight is 468 g/mol. The van der Waals surface area contributed by atoms with Crippen LogP contribution in [0.4, 0.5) is 0 Å². The first kappa shape index (κ1) is 27.9. The topological polar surface area (TPSA) is 60.8 Å². The van der Waals surface area contributed by atoms with Crippen molar-refractivity contribution in [3.8, 4) is 5.75 Å². The summed E-state index contributed by atoms with van der Waals surface area (Å²) in [5.41, 5.74) is 3.96. The second kappa shape index (κ2) is 9.03. The first-order valence-corrected chi connectivity index (χ1v) is 12.2. The summed E-state index contributed by atoms with van der Waals surface area (Å²) < 4.78 is 0. The van der Waals surface area contributed by atoms with Crippen molar-refractivity contribution in [1.29, 1.82) is 0 Å². The van der Waals surface area contributed by atoms with Gasteiger partial charge in [0, 0.05) is 22.9 Å². The molecule has 0 fully saturated rings. The molecule has 2 rings (SSSR count). The highest BCUT2D eigenvalue weighted by molar-refractivity contribution is 6.12. The number of rotatable bonds is 3. The van der Waals surface area contributed by atoms with Gasteiger partial charge in [0.2, 0.25) is 0 Å². The number of benzene rings is 1. The van der Waals surface area contributed by atoms with Crippen LogP contribution < -0.4 is 0 Å². The summed E-state index contributed by atoms with van der Waals surface area (Å²) in [6.07, 6.45) is 5.36. The predicted molar refractivity (Wildman–Crippen MR) is 141 cm³/mol. The third-order valence-electron chi connectivity index (χ3n) is 6.28. The van der Waals surface area contributed by atoms with Gasteiger partial charge in [-0.25, -0.2) is 0 Å². The monoisotopic (exact) mass is 467 g/mol. The van der Waals surface area contributed by atoms with Crippen LogP contribution in [-0.4, -0.2) is 21.2 Å². The Morgan fingerprint density at radius 2 is 1.35 bits per heavy atom. The molecule has 0 spiro atoms. The molecule has 0 heterocycles. The third-order valence-corrected chi connectivity index (χ3v) is 6.28. The second-order valence-electron chi connectivity index (χ2n) is 13.7. The summed E-state index contributed by atoms with van der Waals surface area (Å²) in [6.45, 7) is 25.1. The zero-order valence-corrected chi connectivity index (χ0v) is 23.3. The minimum Gasteiger partial charge on any atom is -0.507 e. The number of ketones is 1. The van der Waals surface area contributed by atoms with Crippen molar-refractivity contribution in [2.24, 2.45) is 10.8 Å². The standard InChI is InChI=1S/C30H45NO3/c1-27(2,3)21-13-19(25(32)23(15-21)29(7,8)9)17-31(34)18-20-14-22(28(4,5)6)16-24(26(20)33)30(10,11)12/h13-17,33-34H,18H2,1-12H3. The molecular weight excluding hydrogens is 422 g/mol. The van der Waals surface area contributed by atoms with Crippen molar-refractivity contribution in [3.05, 3.63) is 63.9 Å². The zero-order valence-electron chi connectivity index (χ0n) is 23.3. The fourth-order valence-corrected chi connectivity index (χ4v) is 3.94. The van der Waals surface area contributed by atoms with E-state index in [1.807, 2.05) is 39.0 Å². The first-order valence-electron chi connectivity index (χ1n) is 12.2. The maximum Gasteiger partial charge on any atom is 0.191 e. The van der Waals surface area contributed by atoms with Crippen LogP contribution in [-0.2, 0) is 22.2 Å². The highest BCUT2D eigenvalue weighted by atomic mass is 16.5. The lowest BCUT2D eigenvalue weighted by Gasteiger charge is -2.31. The van der Waals surface area contributed by atoms with Crippen molar-refractivity contribution in [3.63, 3.8) is 0 Å². The van der Waals surface area contributed by atoms with Gasteiger partial charge >= 0.3 is 0 Å². The first-order chi connectivity index (χ1) is 15.1. The van der Waals surface area contributed by atoms with Crippen LogP contribution in [0.1, 0.15) is 99.8 Å². The summed E-state index contributed by atoms with van der Waals surface area (Å²) >= 11 is 0. The van der Waals surface area contributed by atoms with Crippen LogP contribution >= 0.6 is 0 Å². The summed E-state index contributed by atoms with van der Waals surface area (Å²) in [7, 11) is 0. The number of aromatic hydroxyl groups is 1. The van der Waals surface area contributed by atoms with Gasteiger partial charge in [-0.15, -0.1) is 0 Å². The number of nitrogens with zero attached hydrogens (tertiary/aromatic N) is 1. The quantitative estimate of drug-likeness (QED) is 0.355. The molecule has 0 radical (unpaired) electrons. The maximum absolute atomic E-state index is 13.3. The van der Waals surface area contributed by atoms with Gasteiger partial charge in [-0.1, -0.05) is 95.2 Å². The molecule has 4 heteroatoms. The molecule has 0 aromatic heterocycles. The summed E-state index contributed by atoms with van der Waals surface area (Å²) in [5.74, 6) is 0.108. The molecule has 1 aliphatic carbocycles. The van der Waals surface area contributed by atoms with Gasteiger partial charge in [0.15, 0.2) is 5.78 Å². The van der Waals surface area contributed by atoms with Crippen LogP contribution in [0, 0.1) is 10.8 Å². The van der Waals surface area contributed by atoms with Crippen molar-refractivity contribution in [1.82, 2.24) is 5.06 Å². The van der Waals surface area contributed by atoms with E-state index in [-0.39, 0.29) is 39.7 Å². The van der Waals surface area contributed by atoms with E-state index in [2.05, 4.69) is 68.4 Å². The van der Waals surface area contributed by atoms with E-state index in [0.29, 0.717) is 11.1 Å². The Balaban J connectivity index is 2.54. The van der Waals surface area contributed by atoms with Crippen LogP contribution in [0.5, 0.6) is 5.75 Å². The molecule has 0 amide bonds. The van der Waals surface area contributed by atoms with E-state index in [1.165, 1.54) is 6.20 Å². The summed E-state index contributed by atoms with van der Waals surface area (Å²) in [6, 6.07) is 4.01. The van der Waals surface area contributed by atoms with Gasteiger partial charge in [-0.05, 0) is 50.5 Å². The van der Waals surface area contributed by atoms with Gasteiger partial charge in [0.1, 0.15) is 5.75 Å². The minimum absolute atomic E-state index is 0.0723. The molecule has 4 nitrogen and oxygen atoms in total. The number of carbonyl (C=O) groups excluding carboxylic acids is 1. The molecule has 0 saturated heterocycles. The molecule has 34 heavy (non-hydrogen) atoms. The number of hydroxylamine groups is 2. The molecule has 0 saturated carbocycles. The highest BCUT2D eigenvalue weighted by Crippen LogP contribution is 2.40. The molecule has 1 aromatic carbocycles. The normalized spacial score (nSPS) is 17.1. The number of Topliss-reactive ketones (excluding diaryl/α,β-unsaturated/α-hetero) is 1. The third kappa shape index (κ3) is 6.41. The van der Waals surface area contributed by atoms with E-state index in [9.17, 15) is 15.1 Å². The Hall–Kier alpha value is -2.33. The van der Waals surface area contributed by atoms with Crippen LogP contribution in [0.15, 0.2) is 47.2 Å². The number of hydrogen-bond donors (Lipinski definition) is 2. The fraction of sp³-hybridized carbons (Fsp3) is 0.567. The van der Waals surface area contributed by atoms with Gasteiger partial charge in [0.05, 0.1) is 6.54 Å². The minimum atomic E-state index is -0.317. The Morgan fingerprint density at radius 3 is 1.79 bits per heavy atom. The van der Waals surface area contributed by atoms with Gasteiger partial charge in [0.25, 0.3) is 0 Å². The highest BCUT2D eigenvalue weighted by Gasteiger charge is 2.32. The van der Waals surface area contributed by atoms with Gasteiger partial charge in [-0.2, -0.15) is 0 Å². The predicted octanol–water partition coefficient (Wildman–Crippen LogP) is 7.59. The van der Waals surface area contributed by atoms with Crippen LogP contribution in [0.3, 0.4) is 0 Å². The smallest absolute Gasteiger partial charge is 0.191 e. The molecule has 0 bridgehead atoms. The summed E-state index contributed by atoms with van der Waals surface area (Å²) in [5, 5.41) is 23.0. The molecule has 0 unspecified atom stereocenters. The number of hydrogen-bond acceptors (Lipinski definition) is 4. The molecular formula is C30H45NO3. The number of phenols is 1. The molecule has 0 aliphatic heterocycles. The van der Waals surface area contributed by atoms with Crippen LogP contribution in [0.25, 0.3) is 0 Å². The Labute approximate surface area is 207 Å². The van der Waals surface area contributed by atoms with Crippen molar-refractivity contribution >= 4 is 5.78 Å². The average Bonchev–Trinajstić information content (AvgIpc) is 2.61. The maximum atomic E-state index is 13.3. The Morgan fingerprint density at radius 1 is 0.794 bits per heavy atom. The van der Waals surface area contributed by atoms with E-state index in [0.717, 1.165) is 27.3 Å². The SMILES string of the molecule is CC(C)(C)C1=CC(=CN(O)Cc2cc(C(C)(C)C)cc(C(C)(C)C)c2O)C(=O)C(C(C)(C)C)=C1. The molecule has 2 N–H and O–H groups in total. The lowest BCUT2D eigenvalue weighted by Crippen LogP contribution is -2.26. The molecule has 1 aliphatic rings. The number of phenolic OH excluding ortho intramolecular Hbond substituents is 1. The van der Waals surface area contributed by atoms with Crippen molar-refractivity contribution in [2.45, 2.75) is 100 Å². The van der Waals surface area contributed by atoms with Gasteiger partial charge < -0.3 is 5.11 Å². The van der Waals surface area contributed by atoms with E-state index in [1.54, 1.807) is 0 Å².